The molecule has 0 unspecified atom stereocenters. The highest BCUT2D eigenvalue weighted by Gasteiger charge is 2.28. The molecular formula is C12H18N4O2S. The van der Waals surface area contributed by atoms with Gasteiger partial charge in [-0.05, 0) is 12.8 Å². The van der Waals surface area contributed by atoms with Gasteiger partial charge in [-0.2, -0.15) is 0 Å². The number of piperidine rings is 1. The van der Waals surface area contributed by atoms with Crippen molar-refractivity contribution in [1.29, 1.82) is 0 Å². The maximum absolute atomic E-state index is 12.0. The molecule has 1 aliphatic rings. The summed E-state index contributed by atoms with van der Waals surface area (Å²) in [5.41, 5.74) is 1.58. The Morgan fingerprint density at radius 1 is 1.42 bits per heavy atom. The number of carbonyl (C=O) groups excluding carboxylic acids is 2. The van der Waals surface area contributed by atoms with Crippen molar-refractivity contribution in [3.8, 4) is 0 Å². The van der Waals surface area contributed by atoms with Crippen molar-refractivity contribution >= 4 is 28.3 Å². The van der Waals surface area contributed by atoms with Crippen molar-refractivity contribution in [3.05, 3.63) is 5.51 Å². The van der Waals surface area contributed by atoms with E-state index in [1.54, 1.807) is 5.51 Å². The van der Waals surface area contributed by atoms with Gasteiger partial charge in [0.25, 0.3) is 0 Å². The third-order valence-electron chi connectivity index (χ3n) is 3.26. The van der Waals surface area contributed by atoms with Gasteiger partial charge in [0.15, 0.2) is 0 Å². The second kappa shape index (κ2) is 6.10. The third-order valence-corrected chi connectivity index (χ3v) is 3.87. The molecule has 0 atom stereocenters. The zero-order valence-electron chi connectivity index (χ0n) is 11.1. The first-order valence-corrected chi connectivity index (χ1v) is 7.31. The first-order valence-electron chi connectivity index (χ1n) is 6.43. The van der Waals surface area contributed by atoms with Crippen LogP contribution in [0.2, 0.25) is 0 Å². The average Bonchev–Trinajstić information content (AvgIpc) is 2.90. The molecule has 1 N–H and O–H groups in total. The molecule has 0 aromatic carbocycles. The van der Waals surface area contributed by atoms with Gasteiger partial charge in [-0.15, -0.1) is 10.2 Å². The Balaban J connectivity index is 1.83. The summed E-state index contributed by atoms with van der Waals surface area (Å²) in [5.74, 6) is 0.128. The minimum atomic E-state index is -0.0416. The van der Waals surface area contributed by atoms with Crippen molar-refractivity contribution in [1.82, 2.24) is 15.1 Å². The van der Waals surface area contributed by atoms with Crippen LogP contribution in [0.1, 0.15) is 26.7 Å². The van der Waals surface area contributed by atoms with Crippen molar-refractivity contribution in [3.63, 3.8) is 0 Å². The summed E-state index contributed by atoms with van der Waals surface area (Å²) in [6.07, 6.45) is 1.42. The number of hydrogen-bond acceptors (Lipinski definition) is 5. The van der Waals surface area contributed by atoms with Crippen LogP contribution in [0.5, 0.6) is 0 Å². The van der Waals surface area contributed by atoms with Gasteiger partial charge in [-0.25, -0.2) is 0 Å². The van der Waals surface area contributed by atoms with Crippen LogP contribution in [0.15, 0.2) is 5.51 Å². The van der Waals surface area contributed by atoms with Crippen LogP contribution in [0.3, 0.4) is 0 Å². The first-order chi connectivity index (χ1) is 9.08. The molecule has 2 amide bonds. The fourth-order valence-electron chi connectivity index (χ4n) is 2.16. The summed E-state index contributed by atoms with van der Waals surface area (Å²) in [5, 5.41) is 10.8. The second-order valence-corrected chi connectivity index (χ2v) is 5.82. The van der Waals surface area contributed by atoms with Crippen LogP contribution in [0.25, 0.3) is 0 Å². The highest BCUT2D eigenvalue weighted by Crippen LogP contribution is 2.21. The molecular weight excluding hydrogens is 264 g/mol. The molecule has 2 heterocycles. The minimum Gasteiger partial charge on any atom is -0.342 e. The first kappa shape index (κ1) is 13.9. The Morgan fingerprint density at radius 3 is 2.63 bits per heavy atom. The lowest BCUT2D eigenvalue weighted by atomic mass is 9.95. The van der Waals surface area contributed by atoms with Gasteiger partial charge in [0.1, 0.15) is 5.51 Å². The molecule has 0 radical (unpaired) electrons. The largest absolute Gasteiger partial charge is 0.342 e. The van der Waals surface area contributed by atoms with E-state index in [2.05, 4.69) is 15.5 Å². The fourth-order valence-corrected chi connectivity index (χ4v) is 2.61. The van der Waals surface area contributed by atoms with Crippen LogP contribution in [0.4, 0.5) is 5.13 Å². The maximum atomic E-state index is 12.0. The Morgan fingerprint density at radius 2 is 2.11 bits per heavy atom. The highest BCUT2D eigenvalue weighted by molar-refractivity contribution is 7.13. The Kier molecular flexibility index (Phi) is 4.47. The van der Waals surface area contributed by atoms with Crippen molar-refractivity contribution in [2.75, 3.05) is 18.4 Å². The number of likely N-dealkylation sites (tertiary alicyclic amines) is 1. The van der Waals surface area contributed by atoms with E-state index in [1.165, 1.54) is 11.3 Å². The summed E-state index contributed by atoms with van der Waals surface area (Å²) in [7, 11) is 0. The van der Waals surface area contributed by atoms with Crippen LogP contribution < -0.4 is 5.32 Å². The van der Waals surface area contributed by atoms with Crippen LogP contribution >= 0.6 is 11.3 Å². The third kappa shape index (κ3) is 3.50. The number of aromatic nitrogens is 2. The second-order valence-electron chi connectivity index (χ2n) is 4.99. The van der Waals surface area contributed by atoms with Crippen molar-refractivity contribution in [2.45, 2.75) is 26.7 Å². The van der Waals surface area contributed by atoms with Gasteiger partial charge >= 0.3 is 0 Å². The molecule has 19 heavy (non-hydrogen) atoms. The zero-order chi connectivity index (χ0) is 13.8. The maximum Gasteiger partial charge on any atom is 0.229 e. The molecule has 0 spiro atoms. The van der Waals surface area contributed by atoms with Gasteiger partial charge in [0.05, 0.1) is 0 Å². The fraction of sp³-hybridized carbons (Fsp3) is 0.667. The van der Waals surface area contributed by atoms with Crippen molar-refractivity contribution in [2.24, 2.45) is 11.8 Å². The van der Waals surface area contributed by atoms with Crippen molar-refractivity contribution < 1.29 is 9.59 Å². The standard InChI is InChI=1S/C12H18N4O2S/c1-8(2)11(18)16-5-3-9(4-6-16)10(17)14-12-15-13-7-19-12/h7-9H,3-6H2,1-2H3,(H,14,15,17). The van der Waals surface area contributed by atoms with Crippen LogP contribution in [-0.2, 0) is 9.59 Å². The molecule has 1 aliphatic heterocycles. The lowest BCUT2D eigenvalue weighted by Crippen LogP contribution is -2.43. The lowest BCUT2D eigenvalue weighted by molar-refractivity contribution is -0.137. The number of carbonyl (C=O) groups is 2. The average molecular weight is 282 g/mol. The van der Waals surface area contributed by atoms with Gasteiger partial charge in [0, 0.05) is 24.9 Å². The molecule has 0 saturated carbocycles. The van der Waals surface area contributed by atoms with Crippen LogP contribution in [-0.4, -0.2) is 40.0 Å². The highest BCUT2D eigenvalue weighted by atomic mass is 32.1. The number of anilines is 1. The lowest BCUT2D eigenvalue weighted by Gasteiger charge is -2.32. The monoisotopic (exact) mass is 282 g/mol. The molecule has 104 valence electrons. The van der Waals surface area contributed by atoms with Gasteiger partial charge in [-0.1, -0.05) is 25.2 Å². The molecule has 2 rings (SSSR count). The summed E-state index contributed by atoms with van der Waals surface area (Å²) < 4.78 is 0. The number of rotatable bonds is 3. The summed E-state index contributed by atoms with van der Waals surface area (Å²) >= 11 is 1.31. The van der Waals surface area contributed by atoms with Gasteiger partial charge in [0.2, 0.25) is 16.9 Å². The Labute approximate surface area is 116 Å². The molecule has 7 heteroatoms. The normalized spacial score (nSPS) is 16.7. The molecule has 1 saturated heterocycles. The molecule has 6 nitrogen and oxygen atoms in total. The topological polar surface area (TPSA) is 75.2 Å². The molecule has 1 fully saturated rings. The number of amides is 2. The predicted octanol–water partition coefficient (Wildman–Crippen LogP) is 1.37. The zero-order valence-corrected chi connectivity index (χ0v) is 11.9. The van der Waals surface area contributed by atoms with E-state index in [4.69, 9.17) is 0 Å². The van der Waals surface area contributed by atoms with E-state index in [9.17, 15) is 9.59 Å². The summed E-state index contributed by atoms with van der Waals surface area (Å²) in [4.78, 5) is 25.7. The van der Waals surface area contributed by atoms with E-state index in [0.717, 1.165) is 0 Å². The van der Waals surface area contributed by atoms with Gasteiger partial charge < -0.3 is 10.2 Å². The smallest absolute Gasteiger partial charge is 0.229 e. The molecule has 0 aliphatic carbocycles. The summed E-state index contributed by atoms with van der Waals surface area (Å²) in [6.45, 7) is 5.11. The van der Waals surface area contributed by atoms with E-state index in [1.807, 2.05) is 18.7 Å². The molecule has 1 aromatic rings. The Bertz CT molecular complexity index is 439. The molecule has 1 aromatic heterocycles. The summed E-state index contributed by atoms with van der Waals surface area (Å²) in [6, 6.07) is 0. The van der Waals surface area contributed by atoms with E-state index >= 15 is 0 Å². The minimum absolute atomic E-state index is 0.0200. The number of nitrogens with zero attached hydrogens (tertiary/aromatic N) is 3. The molecule has 0 bridgehead atoms. The quantitative estimate of drug-likeness (QED) is 0.908. The van der Waals surface area contributed by atoms with E-state index in [-0.39, 0.29) is 23.7 Å². The number of nitrogens with one attached hydrogen (secondary N) is 1. The van der Waals surface area contributed by atoms with E-state index < -0.39 is 0 Å². The van der Waals surface area contributed by atoms with Gasteiger partial charge in [-0.3, -0.25) is 9.59 Å². The SMILES string of the molecule is CC(C)C(=O)N1CCC(C(=O)Nc2nncs2)CC1. The van der Waals surface area contributed by atoms with Crippen LogP contribution in [0, 0.1) is 11.8 Å². The predicted molar refractivity (Wildman–Crippen MR) is 72.7 cm³/mol. The van der Waals surface area contributed by atoms with E-state index in [0.29, 0.717) is 31.1 Å². The number of hydrogen-bond donors (Lipinski definition) is 1. The Hall–Kier alpha value is -1.50.